The molecule has 0 unspecified atom stereocenters. The van der Waals surface area contributed by atoms with E-state index in [0.717, 1.165) is 61.7 Å². The molecule has 0 aliphatic heterocycles. The van der Waals surface area contributed by atoms with E-state index in [1.54, 1.807) is 0 Å². The van der Waals surface area contributed by atoms with Crippen molar-refractivity contribution in [1.82, 2.24) is 15.0 Å². The van der Waals surface area contributed by atoms with Gasteiger partial charge in [0.1, 0.15) is 0 Å². The van der Waals surface area contributed by atoms with Gasteiger partial charge in [0.15, 0.2) is 5.82 Å². The summed E-state index contributed by atoms with van der Waals surface area (Å²) in [7, 11) is 0. The zero-order valence-electron chi connectivity index (χ0n) is 33.7. The first kappa shape index (κ1) is 36.1. The van der Waals surface area contributed by atoms with Gasteiger partial charge in [-0.3, -0.25) is 4.98 Å². The third-order valence-corrected chi connectivity index (χ3v) is 11.8. The molecule has 9 aromatic rings. The van der Waals surface area contributed by atoms with E-state index >= 15 is 0 Å². The van der Waals surface area contributed by atoms with E-state index in [0.29, 0.717) is 5.82 Å². The van der Waals surface area contributed by atoms with Gasteiger partial charge in [0.05, 0.1) is 11.4 Å². The minimum atomic E-state index is -0.0593. The monoisotopic (exact) mass is 757 g/mol. The highest BCUT2D eigenvalue weighted by Crippen LogP contribution is 2.50. The van der Waals surface area contributed by atoms with Crippen LogP contribution in [-0.2, 0) is 5.41 Å². The van der Waals surface area contributed by atoms with Crippen LogP contribution in [0.3, 0.4) is 0 Å². The number of hydrogen-bond donors (Lipinski definition) is 0. The Balaban J connectivity index is 1.09. The molecule has 282 valence electrons. The normalized spacial score (nSPS) is 12.5. The summed E-state index contributed by atoms with van der Waals surface area (Å²) in [4.78, 5) is 15.1. The molecule has 1 aliphatic carbocycles. The lowest BCUT2D eigenvalue weighted by atomic mass is 9.82. The van der Waals surface area contributed by atoms with Gasteiger partial charge in [-0.1, -0.05) is 159 Å². The molecule has 2 heterocycles. The van der Waals surface area contributed by atoms with E-state index < -0.39 is 0 Å². The average molecular weight is 758 g/mol. The minimum Gasteiger partial charge on any atom is -0.258 e. The lowest BCUT2D eigenvalue weighted by Crippen LogP contribution is -2.14. The fraction of sp³-hybridized carbons (Fsp3) is 0.0893. The molecule has 0 saturated heterocycles. The third kappa shape index (κ3) is 6.85. The van der Waals surface area contributed by atoms with Crippen molar-refractivity contribution in [2.75, 3.05) is 0 Å². The van der Waals surface area contributed by atoms with E-state index in [9.17, 15) is 0 Å². The first-order chi connectivity index (χ1) is 28.8. The van der Waals surface area contributed by atoms with Crippen LogP contribution < -0.4 is 0 Å². The summed E-state index contributed by atoms with van der Waals surface area (Å²) in [6, 6.07) is 67.6. The second kappa shape index (κ2) is 14.6. The molecule has 2 aromatic heterocycles. The van der Waals surface area contributed by atoms with Gasteiger partial charge in [0, 0.05) is 33.5 Å². The molecule has 0 spiro atoms. The van der Waals surface area contributed by atoms with Gasteiger partial charge in [-0.25, -0.2) is 9.97 Å². The Morgan fingerprint density at radius 1 is 0.305 bits per heavy atom. The molecular weight excluding hydrogens is 715 g/mol. The fourth-order valence-electron chi connectivity index (χ4n) is 8.79. The van der Waals surface area contributed by atoms with Crippen LogP contribution in [0.25, 0.3) is 89.5 Å². The van der Waals surface area contributed by atoms with Crippen molar-refractivity contribution < 1.29 is 0 Å². The van der Waals surface area contributed by atoms with Crippen molar-refractivity contribution in [3.05, 3.63) is 211 Å². The summed E-state index contributed by atoms with van der Waals surface area (Å²) >= 11 is 0. The van der Waals surface area contributed by atoms with E-state index in [4.69, 9.17) is 9.97 Å². The Morgan fingerprint density at radius 2 is 0.729 bits per heavy atom. The predicted molar refractivity (Wildman–Crippen MR) is 245 cm³/mol. The van der Waals surface area contributed by atoms with Gasteiger partial charge in [0.25, 0.3) is 0 Å². The Kier molecular flexibility index (Phi) is 8.95. The number of hydrogen-bond acceptors (Lipinski definition) is 3. The van der Waals surface area contributed by atoms with Crippen LogP contribution in [0.15, 0.2) is 188 Å². The van der Waals surface area contributed by atoms with Gasteiger partial charge in [-0.05, 0) is 123 Å². The number of fused-ring (bicyclic) bond motifs is 3. The molecule has 0 N–H and O–H groups in total. The first-order valence-corrected chi connectivity index (χ1v) is 20.3. The maximum Gasteiger partial charge on any atom is 0.160 e. The van der Waals surface area contributed by atoms with Gasteiger partial charge in [0.2, 0.25) is 0 Å². The third-order valence-electron chi connectivity index (χ3n) is 11.8. The number of nitrogens with zero attached hydrogens (tertiary/aromatic N) is 3. The highest BCUT2D eigenvalue weighted by molar-refractivity contribution is 5.87. The molecule has 0 saturated carbocycles. The SMILES string of the molecule is Cc1cc(-c2ccc(-c3ccc(-c4cc(-c5ccc6c(c5)-c5ccccc5C6(C)C)cc(-c5nc(-c6ccccc6)cc(-c6ccccc6)n5)c4)cc3)cc2)cc(C)n1. The summed E-state index contributed by atoms with van der Waals surface area (Å²) < 4.78 is 0. The van der Waals surface area contributed by atoms with Crippen molar-refractivity contribution >= 4 is 0 Å². The van der Waals surface area contributed by atoms with Crippen LogP contribution in [0, 0.1) is 13.8 Å². The lowest BCUT2D eigenvalue weighted by molar-refractivity contribution is 0.660. The average Bonchev–Trinajstić information content (AvgIpc) is 3.51. The van der Waals surface area contributed by atoms with E-state index in [2.05, 4.69) is 195 Å². The molecule has 0 fully saturated rings. The molecule has 3 nitrogen and oxygen atoms in total. The molecule has 0 amide bonds. The second-order valence-corrected chi connectivity index (χ2v) is 16.2. The summed E-state index contributed by atoms with van der Waals surface area (Å²) in [5.74, 6) is 0.692. The summed E-state index contributed by atoms with van der Waals surface area (Å²) in [5, 5.41) is 0. The Hall–Kier alpha value is -7.23. The minimum absolute atomic E-state index is 0.0593. The fourth-order valence-corrected chi connectivity index (χ4v) is 8.79. The molecule has 0 atom stereocenters. The molecule has 59 heavy (non-hydrogen) atoms. The predicted octanol–water partition coefficient (Wildman–Crippen LogP) is 14.5. The van der Waals surface area contributed by atoms with Gasteiger partial charge < -0.3 is 0 Å². The number of aryl methyl sites for hydroxylation is 2. The topological polar surface area (TPSA) is 38.7 Å². The highest BCUT2D eigenvalue weighted by Gasteiger charge is 2.35. The zero-order valence-corrected chi connectivity index (χ0v) is 33.7. The van der Waals surface area contributed by atoms with Crippen LogP contribution in [0.1, 0.15) is 36.4 Å². The summed E-state index contributed by atoms with van der Waals surface area (Å²) in [5.41, 5.74) is 21.5. The van der Waals surface area contributed by atoms with Crippen LogP contribution >= 0.6 is 0 Å². The van der Waals surface area contributed by atoms with Crippen molar-refractivity contribution in [3.8, 4) is 89.5 Å². The van der Waals surface area contributed by atoms with E-state index in [1.165, 1.54) is 44.5 Å². The maximum atomic E-state index is 5.25. The van der Waals surface area contributed by atoms with Crippen molar-refractivity contribution in [2.45, 2.75) is 33.1 Å². The molecule has 3 heteroatoms. The molecule has 10 rings (SSSR count). The first-order valence-electron chi connectivity index (χ1n) is 20.3. The van der Waals surface area contributed by atoms with Gasteiger partial charge in [-0.15, -0.1) is 0 Å². The smallest absolute Gasteiger partial charge is 0.160 e. The van der Waals surface area contributed by atoms with Crippen LogP contribution in [-0.4, -0.2) is 15.0 Å². The Labute approximate surface area is 346 Å². The standard InChI is InChI=1S/C56H43N3/c1-36-29-45(30-37(2)57-36)40-23-19-38(20-24-40)39-21-25-41(26-22-39)46-31-47(44-27-28-52-50(34-44)49-17-11-12-18-51(49)56(52,3)4)33-48(32-46)55-58-53(42-13-7-5-8-14-42)35-54(59-55)43-15-9-6-10-16-43/h5-35H,1-4H3. The van der Waals surface area contributed by atoms with Gasteiger partial charge >= 0.3 is 0 Å². The Bertz CT molecular complexity index is 2920. The summed E-state index contributed by atoms with van der Waals surface area (Å²) in [6.45, 7) is 8.76. The number of pyridine rings is 1. The number of aromatic nitrogens is 3. The van der Waals surface area contributed by atoms with Crippen LogP contribution in [0.2, 0.25) is 0 Å². The van der Waals surface area contributed by atoms with E-state index in [-0.39, 0.29) is 5.41 Å². The number of benzene rings is 7. The van der Waals surface area contributed by atoms with Crippen LogP contribution in [0.4, 0.5) is 0 Å². The number of rotatable bonds is 7. The molecular formula is C56H43N3. The van der Waals surface area contributed by atoms with E-state index in [1.807, 2.05) is 26.0 Å². The maximum absolute atomic E-state index is 5.25. The largest absolute Gasteiger partial charge is 0.258 e. The summed E-state index contributed by atoms with van der Waals surface area (Å²) in [6.07, 6.45) is 0. The quantitative estimate of drug-likeness (QED) is 0.162. The molecule has 0 radical (unpaired) electrons. The Morgan fingerprint density at radius 3 is 1.29 bits per heavy atom. The lowest BCUT2D eigenvalue weighted by Gasteiger charge is -2.21. The highest BCUT2D eigenvalue weighted by atomic mass is 14.9. The van der Waals surface area contributed by atoms with Gasteiger partial charge in [-0.2, -0.15) is 0 Å². The molecule has 0 bridgehead atoms. The van der Waals surface area contributed by atoms with Crippen molar-refractivity contribution in [1.29, 1.82) is 0 Å². The van der Waals surface area contributed by atoms with Crippen molar-refractivity contribution in [3.63, 3.8) is 0 Å². The van der Waals surface area contributed by atoms with Crippen LogP contribution in [0.5, 0.6) is 0 Å². The zero-order chi connectivity index (χ0) is 40.1. The molecule has 7 aromatic carbocycles. The van der Waals surface area contributed by atoms with Crippen molar-refractivity contribution in [2.24, 2.45) is 0 Å². The molecule has 1 aliphatic rings. The second-order valence-electron chi connectivity index (χ2n) is 16.2.